The third-order valence-electron chi connectivity index (χ3n) is 3.66. The summed E-state index contributed by atoms with van der Waals surface area (Å²) >= 11 is 0. The fourth-order valence-corrected chi connectivity index (χ4v) is 2.24. The SMILES string of the molecule is CCCCCCOCc1ccc(C(C)CNCC)cc1. The Bertz CT molecular complexity index is 334. The van der Waals surface area contributed by atoms with Crippen molar-refractivity contribution in [3.63, 3.8) is 0 Å². The van der Waals surface area contributed by atoms with Crippen molar-refractivity contribution in [2.45, 2.75) is 59.0 Å². The van der Waals surface area contributed by atoms with E-state index in [-0.39, 0.29) is 0 Å². The van der Waals surface area contributed by atoms with Gasteiger partial charge in [0.25, 0.3) is 0 Å². The van der Waals surface area contributed by atoms with E-state index in [9.17, 15) is 0 Å². The largest absolute Gasteiger partial charge is 0.377 e. The van der Waals surface area contributed by atoms with Gasteiger partial charge in [-0.1, -0.05) is 64.3 Å². The maximum atomic E-state index is 5.72. The number of hydrogen-bond donors (Lipinski definition) is 1. The standard InChI is InChI=1S/C18H31NO/c1-4-6-7-8-13-20-15-17-9-11-18(12-10-17)16(3)14-19-5-2/h9-12,16,19H,4-8,13-15H2,1-3H3. The van der Waals surface area contributed by atoms with Gasteiger partial charge in [-0.15, -0.1) is 0 Å². The normalized spacial score (nSPS) is 12.6. The summed E-state index contributed by atoms with van der Waals surface area (Å²) < 4.78 is 5.72. The summed E-state index contributed by atoms with van der Waals surface area (Å²) in [5, 5.41) is 3.40. The molecule has 0 spiro atoms. The molecule has 0 heterocycles. The first-order valence-electron chi connectivity index (χ1n) is 8.15. The highest BCUT2D eigenvalue weighted by molar-refractivity contribution is 5.24. The number of hydrogen-bond acceptors (Lipinski definition) is 2. The van der Waals surface area contributed by atoms with Crippen LogP contribution in [0.4, 0.5) is 0 Å². The van der Waals surface area contributed by atoms with Crippen LogP contribution in [-0.2, 0) is 11.3 Å². The molecule has 2 heteroatoms. The maximum absolute atomic E-state index is 5.72. The summed E-state index contributed by atoms with van der Waals surface area (Å²) in [6.07, 6.45) is 5.08. The lowest BCUT2D eigenvalue weighted by Gasteiger charge is -2.13. The zero-order valence-electron chi connectivity index (χ0n) is 13.5. The fourth-order valence-electron chi connectivity index (χ4n) is 2.24. The molecule has 1 rings (SSSR count). The lowest BCUT2D eigenvalue weighted by molar-refractivity contribution is 0.117. The highest BCUT2D eigenvalue weighted by Gasteiger charge is 2.04. The topological polar surface area (TPSA) is 21.3 Å². The minimum atomic E-state index is 0.568. The Labute approximate surface area is 124 Å². The van der Waals surface area contributed by atoms with Crippen LogP contribution < -0.4 is 5.32 Å². The van der Waals surface area contributed by atoms with Crippen LogP contribution in [0, 0.1) is 0 Å². The molecule has 0 aliphatic rings. The van der Waals surface area contributed by atoms with Gasteiger partial charge in [-0.3, -0.25) is 0 Å². The van der Waals surface area contributed by atoms with E-state index in [4.69, 9.17) is 4.74 Å². The van der Waals surface area contributed by atoms with E-state index >= 15 is 0 Å². The van der Waals surface area contributed by atoms with Gasteiger partial charge >= 0.3 is 0 Å². The lowest BCUT2D eigenvalue weighted by atomic mass is 10.00. The van der Waals surface area contributed by atoms with E-state index in [0.717, 1.165) is 26.3 Å². The molecule has 0 aromatic heterocycles. The molecule has 0 radical (unpaired) electrons. The molecule has 114 valence electrons. The second-order valence-electron chi connectivity index (χ2n) is 5.56. The van der Waals surface area contributed by atoms with E-state index in [0.29, 0.717) is 5.92 Å². The third-order valence-corrected chi connectivity index (χ3v) is 3.66. The Morgan fingerprint density at radius 2 is 1.80 bits per heavy atom. The second kappa shape index (κ2) is 10.9. The molecule has 1 aromatic carbocycles. The molecule has 0 saturated heterocycles. The molecule has 0 aliphatic carbocycles. The van der Waals surface area contributed by atoms with E-state index in [1.165, 1.54) is 36.8 Å². The van der Waals surface area contributed by atoms with Crippen molar-refractivity contribution in [2.24, 2.45) is 0 Å². The summed E-state index contributed by atoms with van der Waals surface area (Å²) in [5.74, 6) is 0.568. The Morgan fingerprint density at radius 3 is 2.45 bits per heavy atom. The van der Waals surface area contributed by atoms with Gasteiger partial charge < -0.3 is 10.1 Å². The molecule has 0 saturated carbocycles. The van der Waals surface area contributed by atoms with E-state index < -0.39 is 0 Å². The summed E-state index contributed by atoms with van der Waals surface area (Å²) in [5.41, 5.74) is 2.68. The van der Waals surface area contributed by atoms with Gasteiger partial charge in [-0.2, -0.15) is 0 Å². The first kappa shape index (κ1) is 17.2. The van der Waals surface area contributed by atoms with Crippen molar-refractivity contribution in [1.29, 1.82) is 0 Å². The average Bonchev–Trinajstić information content (AvgIpc) is 2.49. The fraction of sp³-hybridized carbons (Fsp3) is 0.667. The molecule has 2 nitrogen and oxygen atoms in total. The van der Waals surface area contributed by atoms with Crippen molar-refractivity contribution in [2.75, 3.05) is 19.7 Å². The van der Waals surface area contributed by atoms with E-state index in [1.807, 2.05) is 0 Å². The van der Waals surface area contributed by atoms with Crippen molar-refractivity contribution < 1.29 is 4.74 Å². The molecule has 0 bridgehead atoms. The van der Waals surface area contributed by atoms with Crippen LogP contribution in [0.1, 0.15) is 63.5 Å². The molecule has 20 heavy (non-hydrogen) atoms. The third kappa shape index (κ3) is 7.06. The predicted molar refractivity (Wildman–Crippen MR) is 87.2 cm³/mol. The van der Waals surface area contributed by atoms with Gasteiger partial charge in [0, 0.05) is 13.2 Å². The Morgan fingerprint density at radius 1 is 1.05 bits per heavy atom. The van der Waals surface area contributed by atoms with Crippen LogP contribution in [0.3, 0.4) is 0 Å². The van der Waals surface area contributed by atoms with Gasteiger partial charge in [0.15, 0.2) is 0 Å². The second-order valence-corrected chi connectivity index (χ2v) is 5.56. The summed E-state index contributed by atoms with van der Waals surface area (Å²) in [6.45, 7) is 10.4. The van der Waals surface area contributed by atoms with Crippen molar-refractivity contribution >= 4 is 0 Å². The minimum Gasteiger partial charge on any atom is -0.377 e. The quantitative estimate of drug-likeness (QED) is 0.601. The van der Waals surface area contributed by atoms with Crippen molar-refractivity contribution in [3.05, 3.63) is 35.4 Å². The zero-order valence-corrected chi connectivity index (χ0v) is 13.5. The highest BCUT2D eigenvalue weighted by Crippen LogP contribution is 2.15. The summed E-state index contributed by atoms with van der Waals surface area (Å²) in [7, 11) is 0. The molecule has 0 aliphatic heterocycles. The van der Waals surface area contributed by atoms with Crippen molar-refractivity contribution in [3.8, 4) is 0 Å². The molecule has 1 unspecified atom stereocenters. The molecular weight excluding hydrogens is 246 g/mol. The summed E-state index contributed by atoms with van der Waals surface area (Å²) in [4.78, 5) is 0. The number of benzene rings is 1. The monoisotopic (exact) mass is 277 g/mol. The van der Waals surface area contributed by atoms with Gasteiger partial charge in [0.05, 0.1) is 6.61 Å². The van der Waals surface area contributed by atoms with Crippen LogP contribution in [0.2, 0.25) is 0 Å². The zero-order chi connectivity index (χ0) is 14.6. The molecule has 1 atom stereocenters. The van der Waals surface area contributed by atoms with Gasteiger partial charge in [-0.25, -0.2) is 0 Å². The van der Waals surface area contributed by atoms with Crippen LogP contribution in [-0.4, -0.2) is 19.7 Å². The number of nitrogens with one attached hydrogen (secondary N) is 1. The molecule has 1 N–H and O–H groups in total. The predicted octanol–water partition coefficient (Wildman–Crippen LogP) is 4.50. The van der Waals surface area contributed by atoms with E-state index in [2.05, 4.69) is 50.4 Å². The van der Waals surface area contributed by atoms with Crippen LogP contribution in [0.5, 0.6) is 0 Å². The molecule has 0 fully saturated rings. The van der Waals surface area contributed by atoms with Crippen LogP contribution in [0.25, 0.3) is 0 Å². The highest BCUT2D eigenvalue weighted by atomic mass is 16.5. The van der Waals surface area contributed by atoms with Crippen molar-refractivity contribution in [1.82, 2.24) is 5.32 Å². The lowest BCUT2D eigenvalue weighted by Crippen LogP contribution is -2.19. The maximum Gasteiger partial charge on any atom is 0.0716 e. The Hall–Kier alpha value is -0.860. The Kier molecular flexibility index (Phi) is 9.35. The molecular formula is C18H31NO. The molecule has 0 amide bonds. The van der Waals surface area contributed by atoms with E-state index in [1.54, 1.807) is 0 Å². The Balaban J connectivity index is 2.24. The van der Waals surface area contributed by atoms with Gasteiger partial charge in [-0.05, 0) is 30.0 Å². The number of unbranched alkanes of at least 4 members (excludes halogenated alkanes) is 3. The first-order chi connectivity index (χ1) is 9.77. The molecule has 1 aromatic rings. The smallest absolute Gasteiger partial charge is 0.0716 e. The number of ether oxygens (including phenoxy) is 1. The summed E-state index contributed by atoms with van der Waals surface area (Å²) in [6, 6.07) is 8.86. The van der Waals surface area contributed by atoms with Gasteiger partial charge in [0.2, 0.25) is 0 Å². The first-order valence-corrected chi connectivity index (χ1v) is 8.15. The minimum absolute atomic E-state index is 0.568. The van der Waals surface area contributed by atoms with Crippen LogP contribution >= 0.6 is 0 Å². The van der Waals surface area contributed by atoms with Crippen LogP contribution in [0.15, 0.2) is 24.3 Å². The average molecular weight is 277 g/mol. The number of likely N-dealkylation sites (N-methyl/N-ethyl adjacent to an activating group) is 1. The van der Waals surface area contributed by atoms with Gasteiger partial charge in [0.1, 0.15) is 0 Å². The number of rotatable bonds is 11.